The molecular weight excluding hydrogens is 176 g/mol. The molecule has 0 aliphatic heterocycles. The smallest absolute Gasteiger partial charge is 0.0488 e. The molecule has 1 atom stereocenters. The molecule has 14 heavy (non-hydrogen) atoms. The van der Waals surface area contributed by atoms with Gasteiger partial charge in [0.15, 0.2) is 0 Å². The number of ether oxygens (including phenoxy) is 1. The van der Waals surface area contributed by atoms with Crippen molar-refractivity contribution in [3.8, 4) is 0 Å². The van der Waals surface area contributed by atoms with E-state index < -0.39 is 0 Å². The Hall–Kier alpha value is -0.0800. The van der Waals surface area contributed by atoms with E-state index in [2.05, 4.69) is 34.6 Å². The molecule has 86 valence electrons. The fourth-order valence-electron chi connectivity index (χ4n) is 1.17. The Morgan fingerprint density at radius 2 is 1.79 bits per heavy atom. The van der Waals surface area contributed by atoms with Crippen molar-refractivity contribution in [1.82, 2.24) is 0 Å². The van der Waals surface area contributed by atoms with Crippen molar-refractivity contribution in [2.45, 2.75) is 41.0 Å². The van der Waals surface area contributed by atoms with E-state index in [1.165, 1.54) is 0 Å². The second-order valence-electron chi connectivity index (χ2n) is 5.19. The first kappa shape index (κ1) is 13.9. The maximum Gasteiger partial charge on any atom is 0.0488 e. The van der Waals surface area contributed by atoms with Gasteiger partial charge in [-0.3, -0.25) is 0 Å². The van der Waals surface area contributed by atoms with Gasteiger partial charge < -0.3 is 9.84 Å². The standard InChI is InChI=1S/C12H26O2/c1-10(2)8-14-7-6-12(5,9-13)11(3)4/h10-11,13H,6-9H2,1-5H3. The first-order valence-electron chi connectivity index (χ1n) is 5.61. The summed E-state index contributed by atoms with van der Waals surface area (Å²) in [6, 6.07) is 0. The third-order valence-electron chi connectivity index (χ3n) is 3.02. The molecule has 2 heteroatoms. The minimum absolute atomic E-state index is 0.0109. The summed E-state index contributed by atoms with van der Waals surface area (Å²) in [6.45, 7) is 12.5. The molecular formula is C12H26O2. The average molecular weight is 202 g/mol. The molecule has 0 aromatic carbocycles. The fraction of sp³-hybridized carbons (Fsp3) is 1.00. The van der Waals surface area contributed by atoms with Crippen molar-refractivity contribution in [3.05, 3.63) is 0 Å². The van der Waals surface area contributed by atoms with Crippen LogP contribution < -0.4 is 0 Å². The van der Waals surface area contributed by atoms with Crippen LogP contribution in [0.3, 0.4) is 0 Å². The topological polar surface area (TPSA) is 29.5 Å². The van der Waals surface area contributed by atoms with Gasteiger partial charge in [-0.05, 0) is 23.7 Å². The van der Waals surface area contributed by atoms with E-state index in [1.807, 2.05) is 0 Å². The summed E-state index contributed by atoms with van der Waals surface area (Å²) in [4.78, 5) is 0. The van der Waals surface area contributed by atoms with Crippen molar-refractivity contribution in [2.24, 2.45) is 17.3 Å². The van der Waals surface area contributed by atoms with Crippen molar-refractivity contribution in [3.63, 3.8) is 0 Å². The predicted octanol–water partition coefficient (Wildman–Crippen LogP) is 2.70. The van der Waals surface area contributed by atoms with E-state index in [4.69, 9.17) is 4.74 Å². The summed E-state index contributed by atoms with van der Waals surface area (Å²) >= 11 is 0. The minimum Gasteiger partial charge on any atom is -0.396 e. The van der Waals surface area contributed by atoms with Crippen LogP contribution in [0, 0.1) is 17.3 Å². The van der Waals surface area contributed by atoms with Crippen LogP contribution in [0.25, 0.3) is 0 Å². The van der Waals surface area contributed by atoms with Crippen LogP contribution in [0.15, 0.2) is 0 Å². The molecule has 1 N–H and O–H groups in total. The molecule has 0 radical (unpaired) electrons. The second kappa shape index (κ2) is 6.41. The quantitative estimate of drug-likeness (QED) is 0.643. The van der Waals surface area contributed by atoms with E-state index in [1.54, 1.807) is 0 Å². The molecule has 0 fully saturated rings. The summed E-state index contributed by atoms with van der Waals surface area (Å²) < 4.78 is 5.53. The molecule has 0 saturated heterocycles. The maximum atomic E-state index is 9.31. The van der Waals surface area contributed by atoms with E-state index in [-0.39, 0.29) is 12.0 Å². The molecule has 0 aliphatic rings. The van der Waals surface area contributed by atoms with Crippen LogP contribution in [0.1, 0.15) is 41.0 Å². The Bertz CT molecular complexity index is 143. The monoisotopic (exact) mass is 202 g/mol. The Kier molecular flexibility index (Phi) is 6.38. The highest BCUT2D eigenvalue weighted by atomic mass is 16.5. The minimum atomic E-state index is 0.0109. The molecule has 0 aliphatic carbocycles. The third kappa shape index (κ3) is 4.97. The Morgan fingerprint density at radius 3 is 2.14 bits per heavy atom. The third-order valence-corrected chi connectivity index (χ3v) is 3.02. The van der Waals surface area contributed by atoms with Crippen LogP contribution in [-0.4, -0.2) is 24.9 Å². The summed E-state index contributed by atoms with van der Waals surface area (Å²) in [5, 5.41) is 9.31. The van der Waals surface area contributed by atoms with Crippen molar-refractivity contribution in [1.29, 1.82) is 0 Å². The lowest BCUT2D eigenvalue weighted by atomic mass is 9.77. The zero-order valence-electron chi connectivity index (χ0n) is 10.3. The largest absolute Gasteiger partial charge is 0.396 e. The van der Waals surface area contributed by atoms with Gasteiger partial charge >= 0.3 is 0 Å². The molecule has 1 unspecified atom stereocenters. The van der Waals surface area contributed by atoms with Gasteiger partial charge in [0.05, 0.1) is 0 Å². The summed E-state index contributed by atoms with van der Waals surface area (Å²) in [7, 11) is 0. The number of aliphatic hydroxyl groups is 1. The molecule has 0 bridgehead atoms. The Balaban J connectivity index is 3.73. The number of rotatable bonds is 7. The van der Waals surface area contributed by atoms with Gasteiger partial charge in [0.1, 0.15) is 0 Å². The van der Waals surface area contributed by atoms with Gasteiger partial charge in [-0.2, -0.15) is 0 Å². The van der Waals surface area contributed by atoms with Crippen molar-refractivity contribution in [2.75, 3.05) is 19.8 Å². The van der Waals surface area contributed by atoms with Gasteiger partial charge in [-0.1, -0.05) is 34.6 Å². The number of hydrogen-bond acceptors (Lipinski definition) is 2. The molecule has 0 aromatic rings. The molecule has 0 amide bonds. The highest BCUT2D eigenvalue weighted by molar-refractivity contribution is 4.76. The Morgan fingerprint density at radius 1 is 1.21 bits per heavy atom. The molecule has 0 spiro atoms. The second-order valence-corrected chi connectivity index (χ2v) is 5.19. The van der Waals surface area contributed by atoms with Crippen LogP contribution in [0.4, 0.5) is 0 Å². The van der Waals surface area contributed by atoms with Gasteiger partial charge in [0, 0.05) is 19.8 Å². The van der Waals surface area contributed by atoms with Crippen LogP contribution in [0.5, 0.6) is 0 Å². The normalized spacial score (nSPS) is 16.3. The zero-order chi connectivity index (χ0) is 11.2. The van der Waals surface area contributed by atoms with E-state index in [9.17, 15) is 5.11 Å². The average Bonchev–Trinajstić information content (AvgIpc) is 2.11. The number of hydrogen-bond donors (Lipinski definition) is 1. The van der Waals surface area contributed by atoms with Gasteiger partial charge in [0.25, 0.3) is 0 Å². The van der Waals surface area contributed by atoms with Crippen molar-refractivity contribution >= 4 is 0 Å². The van der Waals surface area contributed by atoms with E-state index in [0.29, 0.717) is 11.8 Å². The van der Waals surface area contributed by atoms with Crippen LogP contribution >= 0.6 is 0 Å². The van der Waals surface area contributed by atoms with Crippen LogP contribution in [-0.2, 0) is 4.74 Å². The van der Waals surface area contributed by atoms with E-state index >= 15 is 0 Å². The van der Waals surface area contributed by atoms with E-state index in [0.717, 1.165) is 19.6 Å². The fourth-order valence-corrected chi connectivity index (χ4v) is 1.17. The summed E-state index contributed by atoms with van der Waals surface area (Å²) in [5.41, 5.74) is 0.0109. The summed E-state index contributed by atoms with van der Waals surface area (Å²) in [6.07, 6.45) is 0.938. The highest BCUT2D eigenvalue weighted by Gasteiger charge is 2.26. The van der Waals surface area contributed by atoms with Gasteiger partial charge in [-0.25, -0.2) is 0 Å². The summed E-state index contributed by atoms with van der Waals surface area (Å²) in [5.74, 6) is 1.09. The predicted molar refractivity (Wildman–Crippen MR) is 60.3 cm³/mol. The molecule has 2 nitrogen and oxygen atoms in total. The highest BCUT2D eigenvalue weighted by Crippen LogP contribution is 2.30. The SMILES string of the molecule is CC(C)COCCC(C)(CO)C(C)C. The maximum absolute atomic E-state index is 9.31. The number of aliphatic hydroxyl groups excluding tert-OH is 1. The lowest BCUT2D eigenvalue weighted by Crippen LogP contribution is -2.29. The van der Waals surface area contributed by atoms with Gasteiger partial charge in [0.2, 0.25) is 0 Å². The lowest BCUT2D eigenvalue weighted by molar-refractivity contribution is 0.0319. The first-order valence-corrected chi connectivity index (χ1v) is 5.61. The molecule has 0 saturated carbocycles. The van der Waals surface area contributed by atoms with Crippen molar-refractivity contribution < 1.29 is 9.84 Å². The Labute approximate surface area is 88.7 Å². The molecule has 0 rings (SSSR count). The zero-order valence-corrected chi connectivity index (χ0v) is 10.3. The van der Waals surface area contributed by atoms with Gasteiger partial charge in [-0.15, -0.1) is 0 Å². The first-order chi connectivity index (χ1) is 6.42. The molecule has 0 aromatic heterocycles. The molecule has 0 heterocycles. The lowest BCUT2D eigenvalue weighted by Gasteiger charge is -2.31. The van der Waals surface area contributed by atoms with Crippen LogP contribution in [0.2, 0.25) is 0 Å².